The minimum Gasteiger partial charge on any atom is -0.502 e. The number of nitro benzene ring substituents is 1. The van der Waals surface area contributed by atoms with Crippen molar-refractivity contribution in [2.45, 2.75) is 20.8 Å². The van der Waals surface area contributed by atoms with E-state index < -0.39 is 4.92 Å². The Hall–Kier alpha value is -1.29. The molecule has 0 saturated heterocycles. The molecule has 0 fully saturated rings. The molecule has 1 aromatic carbocycles. The Balaban J connectivity index is 3.68. The number of aromatic hydroxyl groups is 1. The molecule has 76 valence electrons. The van der Waals surface area contributed by atoms with Crippen molar-refractivity contribution >= 4 is 17.3 Å². The zero-order valence-electron chi connectivity index (χ0n) is 8.09. The summed E-state index contributed by atoms with van der Waals surface area (Å²) in [7, 11) is 0. The number of rotatable bonds is 1. The summed E-state index contributed by atoms with van der Waals surface area (Å²) in [5, 5.41) is 20.5. The van der Waals surface area contributed by atoms with E-state index in [0.717, 1.165) is 0 Å². The molecule has 0 radical (unpaired) electrons. The van der Waals surface area contributed by atoms with Crippen LogP contribution in [-0.4, -0.2) is 10.0 Å². The predicted molar refractivity (Wildman–Crippen MR) is 54.0 cm³/mol. The molecule has 0 heterocycles. The second-order valence-electron chi connectivity index (χ2n) is 3.14. The van der Waals surface area contributed by atoms with Crippen LogP contribution in [0.4, 0.5) is 5.69 Å². The summed E-state index contributed by atoms with van der Waals surface area (Å²) >= 11 is 5.89. The van der Waals surface area contributed by atoms with Gasteiger partial charge < -0.3 is 5.11 Å². The van der Waals surface area contributed by atoms with Crippen LogP contribution < -0.4 is 0 Å². The van der Waals surface area contributed by atoms with E-state index >= 15 is 0 Å². The Morgan fingerprint density at radius 2 is 1.71 bits per heavy atom. The van der Waals surface area contributed by atoms with Gasteiger partial charge >= 0.3 is 5.69 Å². The first-order valence-corrected chi connectivity index (χ1v) is 4.38. The zero-order chi connectivity index (χ0) is 11.0. The van der Waals surface area contributed by atoms with Crippen LogP contribution in [0.15, 0.2) is 0 Å². The lowest BCUT2D eigenvalue weighted by atomic mass is 10.0. The molecule has 5 heteroatoms. The summed E-state index contributed by atoms with van der Waals surface area (Å²) in [6.45, 7) is 4.84. The summed E-state index contributed by atoms with van der Waals surface area (Å²) in [4.78, 5) is 10.0. The second kappa shape index (κ2) is 3.46. The van der Waals surface area contributed by atoms with E-state index in [1.165, 1.54) is 6.92 Å². The van der Waals surface area contributed by atoms with Crippen molar-refractivity contribution < 1.29 is 10.0 Å². The first-order valence-electron chi connectivity index (χ1n) is 4.00. The van der Waals surface area contributed by atoms with Gasteiger partial charge in [0.25, 0.3) is 0 Å². The lowest BCUT2D eigenvalue weighted by Crippen LogP contribution is -1.97. The van der Waals surface area contributed by atoms with Gasteiger partial charge in [0.1, 0.15) is 0 Å². The van der Waals surface area contributed by atoms with Gasteiger partial charge in [-0.05, 0) is 26.3 Å². The molecule has 1 rings (SSSR count). The van der Waals surface area contributed by atoms with E-state index in [0.29, 0.717) is 21.7 Å². The topological polar surface area (TPSA) is 63.4 Å². The first kappa shape index (κ1) is 10.8. The van der Waals surface area contributed by atoms with Gasteiger partial charge in [-0.25, -0.2) is 0 Å². The highest BCUT2D eigenvalue weighted by atomic mass is 35.5. The van der Waals surface area contributed by atoms with E-state index in [2.05, 4.69) is 0 Å². The van der Waals surface area contributed by atoms with Crippen molar-refractivity contribution in [2.75, 3.05) is 0 Å². The number of nitro groups is 1. The lowest BCUT2D eigenvalue weighted by Gasteiger charge is -2.09. The van der Waals surface area contributed by atoms with Gasteiger partial charge in [0.2, 0.25) is 0 Å². The smallest absolute Gasteiger partial charge is 0.315 e. The molecule has 14 heavy (non-hydrogen) atoms. The summed E-state index contributed by atoms with van der Waals surface area (Å²) in [6, 6.07) is 0. The Morgan fingerprint density at radius 3 is 2.14 bits per heavy atom. The highest BCUT2D eigenvalue weighted by molar-refractivity contribution is 6.32. The van der Waals surface area contributed by atoms with Gasteiger partial charge in [-0.3, -0.25) is 10.1 Å². The maximum absolute atomic E-state index is 10.6. The maximum atomic E-state index is 10.6. The fourth-order valence-electron chi connectivity index (χ4n) is 1.31. The minimum absolute atomic E-state index is 0.297. The molecule has 4 nitrogen and oxygen atoms in total. The molecule has 0 unspecified atom stereocenters. The summed E-state index contributed by atoms with van der Waals surface area (Å²) < 4.78 is 0. The molecule has 1 aromatic rings. The van der Waals surface area contributed by atoms with Crippen LogP contribution >= 0.6 is 11.6 Å². The van der Waals surface area contributed by atoms with Gasteiger partial charge in [0, 0.05) is 11.1 Å². The minimum atomic E-state index is -0.622. The number of nitrogens with zero attached hydrogens (tertiary/aromatic N) is 1. The lowest BCUT2D eigenvalue weighted by molar-refractivity contribution is -0.386. The molecule has 0 spiro atoms. The number of phenols is 1. The SMILES string of the molecule is Cc1c(C)c(Cl)c(C)c([N+](=O)[O-])c1O. The van der Waals surface area contributed by atoms with E-state index in [9.17, 15) is 15.2 Å². The molecule has 0 aliphatic carbocycles. The fourth-order valence-corrected chi connectivity index (χ4v) is 1.54. The summed E-state index contributed by atoms with van der Waals surface area (Å²) in [5.41, 5.74) is 1.12. The zero-order valence-corrected chi connectivity index (χ0v) is 8.84. The fraction of sp³-hybridized carbons (Fsp3) is 0.333. The average Bonchev–Trinajstić information content (AvgIpc) is 2.11. The van der Waals surface area contributed by atoms with E-state index in [1.807, 2.05) is 0 Å². The molecule has 0 amide bonds. The third kappa shape index (κ3) is 1.42. The first-order chi connectivity index (χ1) is 6.37. The van der Waals surface area contributed by atoms with E-state index in [4.69, 9.17) is 11.6 Å². The second-order valence-corrected chi connectivity index (χ2v) is 3.52. The highest BCUT2D eigenvalue weighted by Crippen LogP contribution is 2.39. The van der Waals surface area contributed by atoms with Crippen LogP contribution in [0.25, 0.3) is 0 Å². The molecule has 0 saturated carbocycles. The van der Waals surface area contributed by atoms with Gasteiger partial charge in [0.15, 0.2) is 5.75 Å². The molecular formula is C9H10ClNO3. The summed E-state index contributed by atoms with van der Waals surface area (Å²) in [5.74, 6) is -0.297. The third-order valence-corrected chi connectivity index (χ3v) is 2.91. The van der Waals surface area contributed by atoms with Crippen LogP contribution in [0.5, 0.6) is 5.75 Å². The molecule has 0 atom stereocenters. The molecule has 0 aliphatic heterocycles. The van der Waals surface area contributed by atoms with Crippen molar-refractivity contribution in [1.82, 2.24) is 0 Å². The van der Waals surface area contributed by atoms with Crippen LogP contribution in [0.2, 0.25) is 5.02 Å². The summed E-state index contributed by atoms with van der Waals surface area (Å²) in [6.07, 6.45) is 0. The van der Waals surface area contributed by atoms with Crippen LogP contribution in [0, 0.1) is 30.9 Å². The van der Waals surface area contributed by atoms with Crippen LogP contribution in [-0.2, 0) is 0 Å². The van der Waals surface area contributed by atoms with Crippen molar-refractivity contribution in [3.05, 3.63) is 31.8 Å². The van der Waals surface area contributed by atoms with Crippen LogP contribution in [0.3, 0.4) is 0 Å². The van der Waals surface area contributed by atoms with Gasteiger partial charge in [0.05, 0.1) is 9.95 Å². The maximum Gasteiger partial charge on any atom is 0.315 e. The monoisotopic (exact) mass is 215 g/mol. The third-order valence-electron chi connectivity index (χ3n) is 2.34. The van der Waals surface area contributed by atoms with Crippen molar-refractivity contribution in [2.24, 2.45) is 0 Å². The standard InChI is InChI=1S/C9H10ClNO3/c1-4-5(2)9(12)8(11(13)14)6(3)7(4)10/h12H,1-3H3. The molecule has 1 N–H and O–H groups in total. The number of hydrogen-bond acceptors (Lipinski definition) is 3. The number of phenolic OH excluding ortho intramolecular Hbond substituents is 1. The van der Waals surface area contributed by atoms with Gasteiger partial charge in [-0.1, -0.05) is 11.6 Å². The molecule has 0 aromatic heterocycles. The Morgan fingerprint density at radius 1 is 1.21 bits per heavy atom. The average molecular weight is 216 g/mol. The number of benzene rings is 1. The predicted octanol–water partition coefficient (Wildman–Crippen LogP) is 2.88. The molecule has 0 aliphatic rings. The molecular weight excluding hydrogens is 206 g/mol. The number of halogens is 1. The van der Waals surface area contributed by atoms with Gasteiger partial charge in [-0.15, -0.1) is 0 Å². The van der Waals surface area contributed by atoms with Crippen molar-refractivity contribution in [3.8, 4) is 5.75 Å². The Labute approximate surface area is 86.3 Å². The largest absolute Gasteiger partial charge is 0.502 e. The van der Waals surface area contributed by atoms with Crippen molar-refractivity contribution in [1.29, 1.82) is 0 Å². The molecule has 0 bridgehead atoms. The van der Waals surface area contributed by atoms with Crippen molar-refractivity contribution in [3.63, 3.8) is 0 Å². The normalized spacial score (nSPS) is 10.3. The van der Waals surface area contributed by atoms with Gasteiger partial charge in [-0.2, -0.15) is 0 Å². The Bertz CT molecular complexity index is 386. The quantitative estimate of drug-likeness (QED) is 0.579. The Kier molecular flexibility index (Phi) is 2.66. The van der Waals surface area contributed by atoms with E-state index in [1.54, 1.807) is 13.8 Å². The number of hydrogen-bond donors (Lipinski definition) is 1. The van der Waals surface area contributed by atoms with E-state index in [-0.39, 0.29) is 11.4 Å². The highest BCUT2D eigenvalue weighted by Gasteiger charge is 2.24. The van der Waals surface area contributed by atoms with Crippen LogP contribution in [0.1, 0.15) is 16.7 Å².